The second-order valence-electron chi connectivity index (χ2n) is 6.13. The van der Waals surface area contributed by atoms with Crippen LogP contribution in [0.1, 0.15) is 90.9 Å². The van der Waals surface area contributed by atoms with Crippen LogP contribution in [0, 0.1) is 0 Å². The van der Waals surface area contributed by atoms with Crippen LogP contribution in [0.3, 0.4) is 0 Å². The molecule has 0 atom stereocenters. The molecule has 0 spiro atoms. The summed E-state index contributed by atoms with van der Waals surface area (Å²) in [6.07, 6.45) is 16.6. The van der Waals surface area contributed by atoms with Crippen molar-refractivity contribution in [1.82, 2.24) is 4.90 Å². The first-order valence-corrected chi connectivity index (χ1v) is 9.03. The highest BCUT2D eigenvalue weighted by atomic mass is 15.0. The lowest BCUT2D eigenvalue weighted by atomic mass is 10.1. The van der Waals surface area contributed by atoms with Crippen molar-refractivity contribution in [2.75, 3.05) is 27.2 Å². The molecule has 0 bridgehead atoms. The minimum Gasteiger partial charge on any atom is -0.330 e. The van der Waals surface area contributed by atoms with Crippen LogP contribution in [0.15, 0.2) is 0 Å². The highest BCUT2D eigenvalue weighted by molar-refractivity contribution is 4.47. The Bertz CT molecular complexity index is 136. The van der Waals surface area contributed by atoms with Gasteiger partial charge in [-0.3, -0.25) is 0 Å². The van der Waals surface area contributed by atoms with E-state index >= 15 is 0 Å². The van der Waals surface area contributed by atoms with Crippen molar-refractivity contribution >= 4 is 0 Å². The van der Waals surface area contributed by atoms with Crippen molar-refractivity contribution in [3.05, 3.63) is 0 Å². The molecule has 0 aromatic rings. The van der Waals surface area contributed by atoms with Gasteiger partial charge >= 0.3 is 0 Å². The van der Waals surface area contributed by atoms with Crippen LogP contribution >= 0.6 is 0 Å². The van der Waals surface area contributed by atoms with E-state index in [2.05, 4.69) is 32.8 Å². The Morgan fingerprint density at radius 2 is 1.00 bits per heavy atom. The molecule has 0 radical (unpaired) electrons. The molecule has 2 heteroatoms. The maximum Gasteiger partial charge on any atom is -0.00249 e. The molecule has 0 saturated heterocycles. The predicted molar refractivity (Wildman–Crippen MR) is 94.4 cm³/mol. The monoisotopic (exact) mass is 286 g/mol. The van der Waals surface area contributed by atoms with E-state index in [1.807, 2.05) is 0 Å². The number of hydrogen-bond acceptors (Lipinski definition) is 2. The standard InChI is InChI=1S/C12H27N.C6H15N/c1-2-3-4-5-6-7-8-9-10-11-12-13;1-4-5-6-7(2)3/h2-13H2,1H3;4-6H2,1-3H3. The quantitative estimate of drug-likeness (QED) is 0.471. The average molecular weight is 287 g/mol. The first kappa shape index (κ1) is 22.2. The summed E-state index contributed by atoms with van der Waals surface area (Å²) >= 11 is 0. The lowest BCUT2D eigenvalue weighted by molar-refractivity contribution is 0.398. The van der Waals surface area contributed by atoms with Gasteiger partial charge in [-0.15, -0.1) is 0 Å². The van der Waals surface area contributed by atoms with Gasteiger partial charge in [-0.2, -0.15) is 0 Å². The Morgan fingerprint density at radius 3 is 1.30 bits per heavy atom. The van der Waals surface area contributed by atoms with Crippen LogP contribution in [0.25, 0.3) is 0 Å². The number of unbranched alkanes of at least 4 members (excludes halogenated alkanes) is 10. The lowest BCUT2D eigenvalue weighted by Crippen LogP contribution is -2.12. The largest absolute Gasteiger partial charge is 0.330 e. The summed E-state index contributed by atoms with van der Waals surface area (Å²) < 4.78 is 0. The van der Waals surface area contributed by atoms with Gasteiger partial charge in [0.1, 0.15) is 0 Å². The van der Waals surface area contributed by atoms with Gasteiger partial charge in [0.05, 0.1) is 0 Å². The second-order valence-corrected chi connectivity index (χ2v) is 6.13. The Morgan fingerprint density at radius 1 is 0.600 bits per heavy atom. The van der Waals surface area contributed by atoms with Crippen molar-refractivity contribution in [3.63, 3.8) is 0 Å². The molecule has 0 aromatic heterocycles. The van der Waals surface area contributed by atoms with E-state index in [0.717, 1.165) is 6.54 Å². The van der Waals surface area contributed by atoms with Gasteiger partial charge in [0, 0.05) is 0 Å². The van der Waals surface area contributed by atoms with E-state index in [0.29, 0.717) is 0 Å². The minimum absolute atomic E-state index is 0.872. The number of nitrogens with two attached hydrogens (primary N) is 1. The van der Waals surface area contributed by atoms with Gasteiger partial charge in [-0.25, -0.2) is 0 Å². The zero-order valence-electron chi connectivity index (χ0n) is 14.9. The third-order valence-corrected chi connectivity index (χ3v) is 3.52. The molecule has 0 aliphatic carbocycles. The molecular formula is C18H42N2. The van der Waals surface area contributed by atoms with Crippen LogP contribution in [0.4, 0.5) is 0 Å². The molecule has 2 nitrogen and oxygen atoms in total. The smallest absolute Gasteiger partial charge is 0.00249 e. The van der Waals surface area contributed by atoms with Crippen molar-refractivity contribution in [2.45, 2.75) is 90.9 Å². The summed E-state index contributed by atoms with van der Waals surface area (Å²) in [6.45, 7) is 6.59. The summed E-state index contributed by atoms with van der Waals surface area (Å²) in [5, 5.41) is 0. The molecule has 0 heterocycles. The fraction of sp³-hybridized carbons (Fsp3) is 1.00. The summed E-state index contributed by atoms with van der Waals surface area (Å²) in [5.41, 5.74) is 5.42. The van der Waals surface area contributed by atoms with E-state index in [4.69, 9.17) is 5.73 Å². The molecule has 0 rings (SSSR count). The minimum atomic E-state index is 0.872. The van der Waals surface area contributed by atoms with E-state index in [1.165, 1.54) is 83.6 Å². The summed E-state index contributed by atoms with van der Waals surface area (Å²) in [7, 11) is 4.21. The molecule has 0 aliphatic heterocycles. The SMILES string of the molecule is CCCCCCCCCCCCN.CCCCN(C)C. The van der Waals surface area contributed by atoms with Crippen LogP contribution in [-0.4, -0.2) is 32.1 Å². The van der Waals surface area contributed by atoms with E-state index in [-0.39, 0.29) is 0 Å². The maximum absolute atomic E-state index is 5.42. The molecule has 0 aromatic carbocycles. The molecule has 20 heavy (non-hydrogen) atoms. The summed E-state index contributed by atoms with van der Waals surface area (Å²) in [6, 6.07) is 0. The van der Waals surface area contributed by atoms with Gasteiger partial charge in [0.15, 0.2) is 0 Å². The molecule has 0 amide bonds. The Kier molecular flexibility index (Phi) is 23.6. The van der Waals surface area contributed by atoms with Gasteiger partial charge in [-0.1, -0.05) is 78.1 Å². The van der Waals surface area contributed by atoms with Crippen LogP contribution < -0.4 is 5.73 Å². The molecule has 0 unspecified atom stereocenters. The van der Waals surface area contributed by atoms with Crippen molar-refractivity contribution in [3.8, 4) is 0 Å². The molecule has 0 saturated carbocycles. The average Bonchev–Trinajstić information content (AvgIpc) is 2.44. The Balaban J connectivity index is 0. The van der Waals surface area contributed by atoms with Crippen LogP contribution in [0.5, 0.6) is 0 Å². The molecule has 124 valence electrons. The van der Waals surface area contributed by atoms with E-state index in [1.54, 1.807) is 0 Å². The third-order valence-electron chi connectivity index (χ3n) is 3.52. The molecule has 0 fully saturated rings. The van der Waals surface area contributed by atoms with Crippen LogP contribution in [0.2, 0.25) is 0 Å². The summed E-state index contributed by atoms with van der Waals surface area (Å²) in [5.74, 6) is 0. The Hall–Kier alpha value is -0.0800. The van der Waals surface area contributed by atoms with Gasteiger partial charge in [0.2, 0.25) is 0 Å². The van der Waals surface area contributed by atoms with Crippen molar-refractivity contribution in [1.29, 1.82) is 0 Å². The Labute approximate surface area is 129 Å². The highest BCUT2D eigenvalue weighted by Crippen LogP contribution is 2.09. The topological polar surface area (TPSA) is 29.3 Å². The van der Waals surface area contributed by atoms with E-state index < -0.39 is 0 Å². The van der Waals surface area contributed by atoms with Crippen molar-refractivity contribution in [2.24, 2.45) is 5.73 Å². The molecule has 2 N–H and O–H groups in total. The first-order chi connectivity index (χ1) is 9.68. The zero-order chi connectivity index (χ0) is 15.5. The fourth-order valence-corrected chi connectivity index (χ4v) is 2.11. The summed E-state index contributed by atoms with van der Waals surface area (Å²) in [4.78, 5) is 2.21. The van der Waals surface area contributed by atoms with Crippen molar-refractivity contribution < 1.29 is 0 Å². The number of nitrogens with zero attached hydrogens (tertiary/aromatic N) is 1. The van der Waals surface area contributed by atoms with E-state index in [9.17, 15) is 0 Å². The highest BCUT2D eigenvalue weighted by Gasteiger charge is 1.91. The lowest BCUT2D eigenvalue weighted by Gasteiger charge is -2.05. The van der Waals surface area contributed by atoms with Gasteiger partial charge in [-0.05, 0) is 40.0 Å². The predicted octanol–water partition coefficient (Wildman–Crippen LogP) is 5.21. The van der Waals surface area contributed by atoms with Crippen LogP contribution in [-0.2, 0) is 0 Å². The number of rotatable bonds is 13. The third kappa shape index (κ3) is 26.5. The molecular weight excluding hydrogens is 244 g/mol. The molecule has 0 aliphatic rings. The zero-order valence-corrected chi connectivity index (χ0v) is 14.9. The van der Waals surface area contributed by atoms with Gasteiger partial charge < -0.3 is 10.6 Å². The maximum atomic E-state index is 5.42. The fourth-order valence-electron chi connectivity index (χ4n) is 2.11. The first-order valence-electron chi connectivity index (χ1n) is 9.03. The normalized spacial score (nSPS) is 10.5. The van der Waals surface area contributed by atoms with Gasteiger partial charge in [0.25, 0.3) is 0 Å². The second kappa shape index (κ2) is 21.2. The number of hydrogen-bond donors (Lipinski definition) is 1.